The fraction of sp³-hybridized carbons (Fsp3) is 0.480. The molecule has 0 aliphatic carbocycles. The fourth-order valence-corrected chi connectivity index (χ4v) is 4.27. The van der Waals surface area contributed by atoms with Gasteiger partial charge in [-0.1, -0.05) is 49.4 Å². The molecule has 1 aliphatic heterocycles. The molecule has 1 amide bonds. The van der Waals surface area contributed by atoms with E-state index in [1.807, 2.05) is 18.2 Å². The van der Waals surface area contributed by atoms with Crippen molar-refractivity contribution in [3.63, 3.8) is 0 Å². The SMILES string of the molecule is CCN(CC(=O)NCCc1cccc(OC)c1)C1CCN(C(C)c2ccccc2)C1. The summed E-state index contributed by atoms with van der Waals surface area (Å²) in [4.78, 5) is 17.4. The monoisotopic (exact) mass is 409 g/mol. The van der Waals surface area contributed by atoms with Gasteiger partial charge in [0.2, 0.25) is 5.91 Å². The second kappa shape index (κ2) is 11.1. The van der Waals surface area contributed by atoms with Gasteiger partial charge in [0, 0.05) is 31.7 Å². The van der Waals surface area contributed by atoms with Crippen molar-refractivity contribution >= 4 is 5.91 Å². The van der Waals surface area contributed by atoms with Crippen LogP contribution in [0.2, 0.25) is 0 Å². The Balaban J connectivity index is 1.45. The molecule has 0 bridgehead atoms. The van der Waals surface area contributed by atoms with Crippen LogP contribution in [-0.2, 0) is 11.2 Å². The fourth-order valence-electron chi connectivity index (χ4n) is 4.27. The van der Waals surface area contributed by atoms with E-state index in [9.17, 15) is 4.79 Å². The van der Waals surface area contributed by atoms with Crippen LogP contribution in [0.1, 0.15) is 37.4 Å². The molecule has 0 spiro atoms. The van der Waals surface area contributed by atoms with Crippen LogP contribution in [0.15, 0.2) is 54.6 Å². The second-order valence-electron chi connectivity index (χ2n) is 8.04. The van der Waals surface area contributed by atoms with E-state index in [1.165, 1.54) is 11.1 Å². The quantitative estimate of drug-likeness (QED) is 0.652. The molecule has 2 atom stereocenters. The molecule has 0 aromatic heterocycles. The van der Waals surface area contributed by atoms with Crippen molar-refractivity contribution in [1.29, 1.82) is 0 Å². The van der Waals surface area contributed by atoms with Gasteiger partial charge in [-0.2, -0.15) is 0 Å². The Morgan fingerprint density at radius 3 is 2.77 bits per heavy atom. The molecule has 1 N–H and O–H groups in total. The summed E-state index contributed by atoms with van der Waals surface area (Å²) < 4.78 is 5.26. The van der Waals surface area contributed by atoms with Gasteiger partial charge in [0.1, 0.15) is 5.75 Å². The van der Waals surface area contributed by atoms with Gasteiger partial charge in [-0.05, 0) is 49.6 Å². The highest BCUT2D eigenvalue weighted by Crippen LogP contribution is 2.26. The standard InChI is InChI=1S/C25H35N3O2/c1-4-27(19-25(29)26-15-13-21-9-8-12-24(17-21)30-3)23-14-16-28(18-23)20(2)22-10-6-5-7-11-22/h5-12,17,20,23H,4,13-16,18-19H2,1-3H3,(H,26,29). The van der Waals surface area contributed by atoms with Gasteiger partial charge in [0.15, 0.2) is 0 Å². The Labute approximate surface area is 181 Å². The molecule has 2 unspecified atom stereocenters. The molecule has 0 radical (unpaired) electrons. The number of carbonyl (C=O) groups excluding carboxylic acids is 1. The van der Waals surface area contributed by atoms with Crippen molar-refractivity contribution < 1.29 is 9.53 Å². The number of hydrogen-bond donors (Lipinski definition) is 1. The van der Waals surface area contributed by atoms with E-state index in [1.54, 1.807) is 7.11 Å². The highest BCUT2D eigenvalue weighted by molar-refractivity contribution is 5.78. The summed E-state index contributed by atoms with van der Waals surface area (Å²) in [5, 5.41) is 3.08. The Morgan fingerprint density at radius 1 is 1.23 bits per heavy atom. The summed E-state index contributed by atoms with van der Waals surface area (Å²) in [5.74, 6) is 0.959. The summed E-state index contributed by atoms with van der Waals surface area (Å²) in [6.45, 7) is 8.52. The average molecular weight is 410 g/mol. The number of rotatable bonds is 10. The number of nitrogens with zero attached hydrogens (tertiary/aromatic N) is 2. The predicted octanol–water partition coefficient (Wildman–Crippen LogP) is 3.51. The molecule has 2 aromatic carbocycles. The second-order valence-corrected chi connectivity index (χ2v) is 8.04. The van der Waals surface area contributed by atoms with Gasteiger partial charge in [-0.25, -0.2) is 0 Å². The van der Waals surface area contributed by atoms with Crippen LogP contribution in [0.3, 0.4) is 0 Å². The third-order valence-electron chi connectivity index (χ3n) is 6.16. The number of likely N-dealkylation sites (N-methyl/N-ethyl adjacent to an activating group) is 1. The van der Waals surface area contributed by atoms with E-state index in [0.717, 1.165) is 38.2 Å². The van der Waals surface area contributed by atoms with Crippen LogP contribution in [0.4, 0.5) is 0 Å². The first-order valence-corrected chi connectivity index (χ1v) is 11.0. The van der Waals surface area contributed by atoms with E-state index in [4.69, 9.17) is 4.74 Å². The zero-order valence-electron chi connectivity index (χ0n) is 18.5. The van der Waals surface area contributed by atoms with Gasteiger partial charge < -0.3 is 10.1 Å². The number of carbonyl (C=O) groups is 1. The normalized spacial score (nSPS) is 17.8. The van der Waals surface area contributed by atoms with E-state index < -0.39 is 0 Å². The molecular formula is C25H35N3O2. The number of hydrogen-bond acceptors (Lipinski definition) is 4. The lowest BCUT2D eigenvalue weighted by Crippen LogP contribution is -2.44. The summed E-state index contributed by atoms with van der Waals surface area (Å²) in [5.41, 5.74) is 2.53. The van der Waals surface area contributed by atoms with Gasteiger partial charge >= 0.3 is 0 Å². The van der Waals surface area contributed by atoms with Crippen LogP contribution in [0.5, 0.6) is 5.75 Å². The number of likely N-dealkylation sites (tertiary alicyclic amines) is 1. The topological polar surface area (TPSA) is 44.8 Å². The number of methoxy groups -OCH3 is 1. The summed E-state index contributed by atoms with van der Waals surface area (Å²) >= 11 is 0. The minimum absolute atomic E-state index is 0.106. The maximum Gasteiger partial charge on any atom is 0.234 e. The summed E-state index contributed by atoms with van der Waals surface area (Å²) in [6, 6.07) is 19.5. The molecule has 3 rings (SSSR count). The zero-order chi connectivity index (χ0) is 21.3. The number of benzene rings is 2. The molecule has 1 heterocycles. The van der Waals surface area contributed by atoms with Crippen LogP contribution in [0.25, 0.3) is 0 Å². The highest BCUT2D eigenvalue weighted by Gasteiger charge is 2.30. The molecule has 5 nitrogen and oxygen atoms in total. The van der Waals surface area contributed by atoms with Gasteiger partial charge in [-0.3, -0.25) is 14.6 Å². The minimum Gasteiger partial charge on any atom is -0.497 e. The van der Waals surface area contributed by atoms with Crippen molar-refractivity contribution in [1.82, 2.24) is 15.1 Å². The van der Waals surface area contributed by atoms with E-state index in [0.29, 0.717) is 25.2 Å². The molecule has 0 saturated carbocycles. The molecule has 1 saturated heterocycles. The first-order valence-electron chi connectivity index (χ1n) is 11.0. The van der Waals surface area contributed by atoms with Crippen LogP contribution >= 0.6 is 0 Å². The van der Waals surface area contributed by atoms with Crippen LogP contribution in [0, 0.1) is 0 Å². The highest BCUT2D eigenvalue weighted by atomic mass is 16.5. The minimum atomic E-state index is 0.106. The lowest BCUT2D eigenvalue weighted by Gasteiger charge is -2.29. The average Bonchev–Trinajstić information content (AvgIpc) is 3.27. The van der Waals surface area contributed by atoms with Crippen molar-refractivity contribution in [3.05, 3.63) is 65.7 Å². The predicted molar refractivity (Wildman–Crippen MR) is 122 cm³/mol. The maximum atomic E-state index is 12.5. The first-order chi connectivity index (χ1) is 14.6. The third-order valence-corrected chi connectivity index (χ3v) is 6.16. The van der Waals surface area contributed by atoms with Crippen molar-refractivity contribution in [2.45, 2.75) is 38.8 Å². The van der Waals surface area contributed by atoms with Crippen molar-refractivity contribution in [2.24, 2.45) is 0 Å². The maximum absolute atomic E-state index is 12.5. The first kappa shape index (κ1) is 22.3. The summed E-state index contributed by atoms with van der Waals surface area (Å²) in [6.07, 6.45) is 1.92. The number of amides is 1. The molecule has 1 aliphatic rings. The third kappa shape index (κ3) is 6.07. The Hall–Kier alpha value is -2.37. The van der Waals surface area contributed by atoms with Gasteiger partial charge in [0.25, 0.3) is 0 Å². The Morgan fingerprint density at radius 2 is 2.03 bits per heavy atom. The van der Waals surface area contributed by atoms with Crippen LogP contribution < -0.4 is 10.1 Å². The van der Waals surface area contributed by atoms with Gasteiger partial charge in [-0.15, -0.1) is 0 Å². The smallest absolute Gasteiger partial charge is 0.234 e. The lowest BCUT2D eigenvalue weighted by molar-refractivity contribution is -0.122. The number of ether oxygens (including phenoxy) is 1. The van der Waals surface area contributed by atoms with Crippen molar-refractivity contribution in [3.8, 4) is 5.75 Å². The van der Waals surface area contributed by atoms with Gasteiger partial charge in [0.05, 0.1) is 13.7 Å². The molecule has 162 valence electrons. The Bertz CT molecular complexity index is 796. The molecule has 30 heavy (non-hydrogen) atoms. The van der Waals surface area contributed by atoms with Crippen LogP contribution in [-0.4, -0.2) is 61.6 Å². The number of nitrogens with one attached hydrogen (secondary N) is 1. The molecular weight excluding hydrogens is 374 g/mol. The zero-order valence-corrected chi connectivity index (χ0v) is 18.5. The molecule has 1 fully saturated rings. The molecule has 5 heteroatoms. The van der Waals surface area contributed by atoms with Crippen molar-refractivity contribution in [2.75, 3.05) is 39.8 Å². The van der Waals surface area contributed by atoms with E-state index in [2.05, 4.69) is 65.4 Å². The summed E-state index contributed by atoms with van der Waals surface area (Å²) in [7, 11) is 1.67. The van der Waals surface area contributed by atoms with E-state index in [-0.39, 0.29) is 5.91 Å². The van der Waals surface area contributed by atoms with E-state index >= 15 is 0 Å². The molecule has 2 aromatic rings. The lowest BCUT2D eigenvalue weighted by atomic mass is 10.1. The largest absolute Gasteiger partial charge is 0.497 e. The Kier molecular flexibility index (Phi) is 8.29.